The Morgan fingerprint density at radius 1 is 1.50 bits per heavy atom. The van der Waals surface area contributed by atoms with E-state index in [0.717, 1.165) is 11.6 Å². The van der Waals surface area contributed by atoms with Crippen molar-refractivity contribution in [3.05, 3.63) is 29.6 Å². The third-order valence-corrected chi connectivity index (χ3v) is 3.59. The number of carbonyl (C=O) groups is 1. The van der Waals surface area contributed by atoms with Crippen LogP contribution in [0.25, 0.3) is 0 Å². The summed E-state index contributed by atoms with van der Waals surface area (Å²) in [6, 6.07) is 3.29. The number of hydrogen-bond donors (Lipinski definition) is 1. The maximum Gasteiger partial charge on any atom is 0.335 e. The summed E-state index contributed by atoms with van der Waals surface area (Å²) >= 11 is 0. The number of carboxylic acids is 1. The van der Waals surface area contributed by atoms with Crippen molar-refractivity contribution < 1.29 is 9.90 Å². The van der Waals surface area contributed by atoms with Gasteiger partial charge in [0.25, 0.3) is 0 Å². The van der Waals surface area contributed by atoms with E-state index in [1.807, 2.05) is 0 Å². The minimum absolute atomic E-state index is 0.260. The van der Waals surface area contributed by atoms with Gasteiger partial charge in [-0.3, -0.25) is 4.98 Å². The van der Waals surface area contributed by atoms with Gasteiger partial charge in [-0.1, -0.05) is 0 Å². The van der Waals surface area contributed by atoms with Crippen LogP contribution in [0.4, 0.5) is 0 Å². The van der Waals surface area contributed by atoms with E-state index >= 15 is 0 Å². The van der Waals surface area contributed by atoms with E-state index in [1.54, 1.807) is 18.3 Å². The first-order chi connectivity index (χ1) is 6.70. The number of aromatic carboxylic acids is 1. The van der Waals surface area contributed by atoms with Crippen LogP contribution < -0.4 is 0 Å². The predicted octanol–water partition coefficient (Wildman–Crippen LogP) is 1.83. The number of nitrogens with zero attached hydrogens (tertiary/aromatic N) is 1. The third-order valence-electron chi connectivity index (χ3n) is 3.59. The van der Waals surface area contributed by atoms with Gasteiger partial charge in [0.2, 0.25) is 0 Å². The topological polar surface area (TPSA) is 50.2 Å². The van der Waals surface area contributed by atoms with Crippen molar-refractivity contribution in [1.82, 2.24) is 4.98 Å². The largest absolute Gasteiger partial charge is 0.478 e. The van der Waals surface area contributed by atoms with Crippen molar-refractivity contribution >= 4 is 5.97 Å². The Labute approximate surface area is 81.8 Å². The van der Waals surface area contributed by atoms with Gasteiger partial charge in [0.1, 0.15) is 0 Å². The summed E-state index contributed by atoms with van der Waals surface area (Å²) in [4.78, 5) is 15.1. The first-order valence-corrected chi connectivity index (χ1v) is 4.89. The monoisotopic (exact) mass is 189 g/mol. The van der Waals surface area contributed by atoms with E-state index in [1.165, 1.54) is 19.3 Å². The van der Waals surface area contributed by atoms with Gasteiger partial charge in [-0.2, -0.15) is 0 Å². The van der Waals surface area contributed by atoms with Gasteiger partial charge in [0.15, 0.2) is 0 Å². The van der Waals surface area contributed by atoms with Crippen LogP contribution in [0.5, 0.6) is 0 Å². The molecule has 3 aliphatic carbocycles. The van der Waals surface area contributed by atoms with E-state index in [9.17, 15) is 4.79 Å². The third kappa shape index (κ3) is 0.870. The lowest BCUT2D eigenvalue weighted by Crippen LogP contribution is -2.55. The molecule has 3 heteroatoms. The molecule has 1 heterocycles. The fraction of sp³-hybridized carbons (Fsp3) is 0.455. The number of rotatable bonds is 2. The molecule has 14 heavy (non-hydrogen) atoms. The van der Waals surface area contributed by atoms with E-state index in [4.69, 9.17) is 5.11 Å². The maximum atomic E-state index is 10.8. The first-order valence-electron chi connectivity index (χ1n) is 4.89. The highest BCUT2D eigenvalue weighted by Crippen LogP contribution is 2.64. The number of pyridine rings is 1. The minimum atomic E-state index is -0.861. The van der Waals surface area contributed by atoms with Crippen molar-refractivity contribution in [3.63, 3.8) is 0 Å². The molecule has 3 aliphatic rings. The van der Waals surface area contributed by atoms with Gasteiger partial charge in [-0.15, -0.1) is 0 Å². The molecule has 3 nitrogen and oxygen atoms in total. The Morgan fingerprint density at radius 2 is 2.21 bits per heavy atom. The lowest BCUT2D eigenvalue weighted by Gasteiger charge is -2.61. The Morgan fingerprint density at radius 3 is 2.71 bits per heavy atom. The van der Waals surface area contributed by atoms with E-state index < -0.39 is 5.97 Å². The summed E-state index contributed by atoms with van der Waals surface area (Å²) in [5, 5.41) is 8.85. The van der Waals surface area contributed by atoms with Crippen molar-refractivity contribution in [3.8, 4) is 0 Å². The summed E-state index contributed by atoms with van der Waals surface area (Å²) in [5.74, 6) is 0.0329. The summed E-state index contributed by atoms with van der Waals surface area (Å²) in [6.45, 7) is 0. The zero-order valence-corrected chi connectivity index (χ0v) is 7.73. The smallest absolute Gasteiger partial charge is 0.335 e. The summed E-state index contributed by atoms with van der Waals surface area (Å²) in [7, 11) is 0. The Balaban J connectivity index is 1.98. The molecule has 1 aromatic heterocycles. The fourth-order valence-corrected chi connectivity index (χ4v) is 2.65. The van der Waals surface area contributed by atoms with E-state index in [0.29, 0.717) is 5.56 Å². The molecule has 0 saturated heterocycles. The average Bonchev–Trinajstić information content (AvgIpc) is 1.99. The molecule has 2 bridgehead atoms. The second-order valence-corrected chi connectivity index (χ2v) is 4.49. The van der Waals surface area contributed by atoms with Gasteiger partial charge in [0, 0.05) is 17.3 Å². The molecule has 4 rings (SSSR count). The second-order valence-electron chi connectivity index (χ2n) is 4.49. The van der Waals surface area contributed by atoms with Gasteiger partial charge >= 0.3 is 5.97 Å². The molecule has 72 valence electrons. The Bertz CT molecular complexity index is 396. The van der Waals surface area contributed by atoms with Crippen molar-refractivity contribution in [2.45, 2.75) is 24.7 Å². The molecule has 0 aliphatic heterocycles. The van der Waals surface area contributed by atoms with Crippen molar-refractivity contribution in [2.75, 3.05) is 0 Å². The van der Waals surface area contributed by atoms with E-state index in [-0.39, 0.29) is 5.41 Å². The highest BCUT2D eigenvalue weighted by Gasteiger charge is 2.58. The molecule has 0 amide bonds. The summed E-state index contributed by atoms with van der Waals surface area (Å²) in [5.41, 5.74) is 1.61. The van der Waals surface area contributed by atoms with Crippen LogP contribution in [0.1, 0.15) is 35.3 Å². The lowest BCUT2D eigenvalue weighted by molar-refractivity contribution is -0.0309. The Hall–Kier alpha value is -1.38. The van der Waals surface area contributed by atoms with Crippen LogP contribution in [-0.4, -0.2) is 16.1 Å². The normalized spacial score (nSPS) is 33.0. The second kappa shape index (κ2) is 2.35. The molecule has 3 saturated carbocycles. The van der Waals surface area contributed by atoms with Gasteiger partial charge in [-0.25, -0.2) is 4.79 Å². The molecule has 0 spiro atoms. The zero-order chi connectivity index (χ0) is 9.76. The van der Waals surface area contributed by atoms with Gasteiger partial charge in [-0.05, 0) is 37.3 Å². The average molecular weight is 189 g/mol. The van der Waals surface area contributed by atoms with E-state index in [2.05, 4.69) is 4.98 Å². The molecule has 0 aromatic carbocycles. The van der Waals surface area contributed by atoms with Gasteiger partial charge < -0.3 is 5.11 Å². The zero-order valence-electron chi connectivity index (χ0n) is 7.73. The molecule has 1 N–H and O–H groups in total. The molecule has 0 unspecified atom stereocenters. The maximum absolute atomic E-state index is 10.8. The van der Waals surface area contributed by atoms with Crippen LogP contribution >= 0.6 is 0 Å². The SMILES string of the molecule is O=C(O)c1ccnc(C23CC(C2)C3)c1. The van der Waals surface area contributed by atoms with Crippen LogP contribution in [-0.2, 0) is 5.41 Å². The fourth-order valence-electron chi connectivity index (χ4n) is 2.65. The number of hydrogen-bond acceptors (Lipinski definition) is 2. The van der Waals surface area contributed by atoms with Crippen LogP contribution in [0.15, 0.2) is 18.3 Å². The molecule has 0 radical (unpaired) electrons. The van der Waals surface area contributed by atoms with Crippen LogP contribution in [0.3, 0.4) is 0 Å². The van der Waals surface area contributed by atoms with Crippen LogP contribution in [0, 0.1) is 5.92 Å². The van der Waals surface area contributed by atoms with Gasteiger partial charge in [0.05, 0.1) is 5.56 Å². The Kier molecular flexibility index (Phi) is 1.34. The predicted molar refractivity (Wildman–Crippen MR) is 50.2 cm³/mol. The molecule has 0 atom stereocenters. The van der Waals surface area contributed by atoms with Crippen molar-refractivity contribution in [2.24, 2.45) is 5.92 Å². The molecule has 3 fully saturated rings. The number of carboxylic acid groups (broad SMARTS) is 1. The minimum Gasteiger partial charge on any atom is -0.478 e. The number of aromatic nitrogens is 1. The highest BCUT2D eigenvalue weighted by molar-refractivity contribution is 5.87. The quantitative estimate of drug-likeness (QED) is 0.772. The summed E-state index contributed by atoms with van der Waals surface area (Å²) < 4.78 is 0. The van der Waals surface area contributed by atoms with Crippen LogP contribution in [0.2, 0.25) is 0 Å². The molecular formula is C11H11NO2. The molecule has 1 aromatic rings. The highest BCUT2D eigenvalue weighted by atomic mass is 16.4. The first kappa shape index (κ1) is 7.97. The lowest BCUT2D eigenvalue weighted by atomic mass is 9.43. The van der Waals surface area contributed by atoms with Crippen molar-refractivity contribution in [1.29, 1.82) is 0 Å². The summed E-state index contributed by atoms with van der Waals surface area (Å²) in [6.07, 6.45) is 5.24. The molecular weight excluding hydrogens is 178 g/mol. The standard InChI is InChI=1S/C11H11NO2/c13-10(14)8-1-2-12-9(3-8)11-4-7(5-11)6-11/h1-3,7H,4-6H2,(H,13,14).